The largest absolute Gasteiger partial charge is 0.486 e. The van der Waals surface area contributed by atoms with E-state index in [4.69, 9.17) is 14.2 Å². The van der Waals surface area contributed by atoms with Crippen molar-refractivity contribution in [3.8, 4) is 5.75 Å². The van der Waals surface area contributed by atoms with Crippen molar-refractivity contribution in [2.75, 3.05) is 33.1 Å². The zero-order valence-corrected chi connectivity index (χ0v) is 14.3. The Bertz CT molecular complexity index is 631. The molecule has 1 aromatic carbocycles. The molecule has 2 unspecified atom stereocenters. The van der Waals surface area contributed by atoms with E-state index in [1.807, 2.05) is 30.3 Å². The molecule has 1 aliphatic heterocycles. The van der Waals surface area contributed by atoms with Gasteiger partial charge in [-0.2, -0.15) is 4.31 Å². The number of hydrogen-bond acceptors (Lipinski definition) is 5. The van der Waals surface area contributed by atoms with Crippen LogP contribution in [0.3, 0.4) is 0 Å². The molecule has 1 saturated carbocycles. The fourth-order valence-corrected chi connectivity index (χ4v) is 5.01. The molecule has 0 radical (unpaired) electrons. The van der Waals surface area contributed by atoms with Crippen LogP contribution in [0, 0.1) is 5.92 Å². The third-order valence-corrected chi connectivity index (χ3v) is 6.62. The van der Waals surface area contributed by atoms with Crippen LogP contribution in [-0.2, 0) is 19.5 Å². The van der Waals surface area contributed by atoms with E-state index in [2.05, 4.69) is 0 Å². The van der Waals surface area contributed by atoms with E-state index in [9.17, 15) is 8.42 Å². The third kappa shape index (κ3) is 3.24. The van der Waals surface area contributed by atoms with Crippen LogP contribution < -0.4 is 4.74 Å². The van der Waals surface area contributed by atoms with Crippen LogP contribution in [0.1, 0.15) is 12.8 Å². The van der Waals surface area contributed by atoms with Crippen molar-refractivity contribution >= 4 is 10.0 Å². The number of methoxy groups -OCH3 is 2. The second-order valence-electron chi connectivity index (χ2n) is 6.19. The summed E-state index contributed by atoms with van der Waals surface area (Å²) in [6.07, 6.45) is 1.14. The fraction of sp³-hybridized carbons (Fsp3) is 0.625. The summed E-state index contributed by atoms with van der Waals surface area (Å²) < 4.78 is 42.9. The molecule has 7 heteroatoms. The Kier molecular flexibility index (Phi) is 4.64. The van der Waals surface area contributed by atoms with Crippen LogP contribution in [0.4, 0.5) is 0 Å². The second kappa shape index (κ2) is 6.39. The first-order valence-electron chi connectivity index (χ1n) is 7.76. The minimum Gasteiger partial charge on any atom is -0.486 e. The molecule has 0 amide bonds. The Labute approximate surface area is 137 Å². The van der Waals surface area contributed by atoms with E-state index < -0.39 is 16.3 Å². The number of fused-ring (bicyclic) bond motifs is 1. The monoisotopic (exact) mass is 341 g/mol. The van der Waals surface area contributed by atoms with Gasteiger partial charge in [-0.1, -0.05) is 18.2 Å². The van der Waals surface area contributed by atoms with Crippen LogP contribution in [-0.4, -0.2) is 57.7 Å². The Morgan fingerprint density at radius 2 is 1.96 bits per heavy atom. The SMILES string of the molecule is COC(CS(=O)(=O)N1CC2CCC2(Oc2ccccc2)C1)OC. The molecule has 1 aliphatic carbocycles. The molecule has 1 heterocycles. The van der Waals surface area contributed by atoms with Gasteiger partial charge in [0.05, 0.1) is 6.54 Å². The van der Waals surface area contributed by atoms with Crippen LogP contribution in [0.5, 0.6) is 5.75 Å². The Hall–Kier alpha value is -1.15. The van der Waals surface area contributed by atoms with Gasteiger partial charge in [0.2, 0.25) is 10.0 Å². The van der Waals surface area contributed by atoms with Crippen molar-refractivity contribution in [1.29, 1.82) is 0 Å². The van der Waals surface area contributed by atoms with Gasteiger partial charge in [0.1, 0.15) is 17.1 Å². The van der Waals surface area contributed by atoms with Crippen LogP contribution >= 0.6 is 0 Å². The number of sulfonamides is 1. The summed E-state index contributed by atoms with van der Waals surface area (Å²) in [6.45, 7) is 0.907. The molecule has 2 aliphatic rings. The quantitative estimate of drug-likeness (QED) is 0.703. The minimum atomic E-state index is -3.44. The smallest absolute Gasteiger partial charge is 0.219 e. The third-order valence-electron chi connectivity index (χ3n) is 4.86. The average Bonchev–Trinajstić information content (AvgIpc) is 2.79. The Morgan fingerprint density at radius 1 is 1.26 bits per heavy atom. The molecule has 0 N–H and O–H groups in total. The first-order chi connectivity index (χ1) is 11.0. The van der Waals surface area contributed by atoms with Crippen LogP contribution in [0.25, 0.3) is 0 Å². The molecule has 128 valence electrons. The fourth-order valence-electron chi connectivity index (χ4n) is 3.36. The highest BCUT2D eigenvalue weighted by molar-refractivity contribution is 7.89. The molecule has 0 aromatic heterocycles. The Morgan fingerprint density at radius 3 is 2.52 bits per heavy atom. The van der Waals surface area contributed by atoms with Gasteiger partial charge in [-0.25, -0.2) is 8.42 Å². The van der Waals surface area contributed by atoms with Crippen LogP contribution in [0.2, 0.25) is 0 Å². The van der Waals surface area contributed by atoms with E-state index in [1.165, 1.54) is 18.5 Å². The van der Waals surface area contributed by atoms with E-state index in [0.29, 0.717) is 13.1 Å². The van der Waals surface area contributed by atoms with E-state index in [0.717, 1.165) is 18.6 Å². The van der Waals surface area contributed by atoms with Crippen LogP contribution in [0.15, 0.2) is 30.3 Å². The van der Waals surface area contributed by atoms with Crippen molar-refractivity contribution < 1.29 is 22.6 Å². The van der Waals surface area contributed by atoms with Crippen molar-refractivity contribution in [2.45, 2.75) is 24.7 Å². The maximum absolute atomic E-state index is 12.6. The lowest BCUT2D eigenvalue weighted by molar-refractivity contribution is -0.0856. The molecule has 0 spiro atoms. The van der Waals surface area contributed by atoms with Gasteiger partial charge in [0.15, 0.2) is 6.29 Å². The molecule has 1 saturated heterocycles. The standard InChI is InChI=1S/C16H23NO5S/c1-20-15(21-2)11-23(18,19)17-10-13-8-9-16(13,12-17)22-14-6-4-3-5-7-14/h3-7,13,15H,8-12H2,1-2H3. The summed E-state index contributed by atoms with van der Waals surface area (Å²) >= 11 is 0. The predicted octanol–water partition coefficient (Wildman–Crippen LogP) is 1.48. The van der Waals surface area contributed by atoms with E-state index in [1.54, 1.807) is 0 Å². The average molecular weight is 341 g/mol. The van der Waals surface area contributed by atoms with Gasteiger partial charge < -0.3 is 14.2 Å². The minimum absolute atomic E-state index is 0.172. The number of para-hydroxylation sites is 1. The maximum Gasteiger partial charge on any atom is 0.219 e. The highest BCUT2D eigenvalue weighted by atomic mass is 32.2. The molecular formula is C16H23NO5S. The highest BCUT2D eigenvalue weighted by Gasteiger charge is 2.57. The molecule has 6 nitrogen and oxygen atoms in total. The van der Waals surface area contributed by atoms with Gasteiger partial charge in [0, 0.05) is 26.7 Å². The summed E-state index contributed by atoms with van der Waals surface area (Å²) in [5, 5.41) is 0. The van der Waals surface area contributed by atoms with Crippen molar-refractivity contribution in [3.63, 3.8) is 0 Å². The van der Waals surface area contributed by atoms with Gasteiger partial charge in [-0.3, -0.25) is 0 Å². The molecule has 0 bridgehead atoms. The molecular weight excluding hydrogens is 318 g/mol. The van der Waals surface area contributed by atoms with Gasteiger partial charge in [0.25, 0.3) is 0 Å². The Balaban J connectivity index is 1.71. The predicted molar refractivity (Wildman–Crippen MR) is 85.7 cm³/mol. The van der Waals surface area contributed by atoms with E-state index >= 15 is 0 Å². The van der Waals surface area contributed by atoms with Crippen molar-refractivity contribution in [1.82, 2.24) is 4.31 Å². The van der Waals surface area contributed by atoms with Gasteiger partial charge >= 0.3 is 0 Å². The lowest BCUT2D eigenvalue weighted by Crippen LogP contribution is -2.52. The zero-order valence-electron chi connectivity index (χ0n) is 13.5. The summed E-state index contributed by atoms with van der Waals surface area (Å²) in [5.74, 6) is 0.873. The lowest BCUT2D eigenvalue weighted by atomic mass is 9.71. The highest BCUT2D eigenvalue weighted by Crippen LogP contribution is 2.48. The summed E-state index contributed by atoms with van der Waals surface area (Å²) in [6, 6.07) is 9.60. The van der Waals surface area contributed by atoms with Gasteiger partial charge in [-0.15, -0.1) is 0 Å². The zero-order chi connectivity index (χ0) is 16.5. The lowest BCUT2D eigenvalue weighted by Gasteiger charge is -2.43. The maximum atomic E-state index is 12.6. The summed E-state index contributed by atoms with van der Waals surface area (Å²) in [5.41, 5.74) is -0.385. The first kappa shape index (κ1) is 16.7. The number of nitrogens with zero attached hydrogens (tertiary/aromatic N) is 1. The van der Waals surface area contributed by atoms with E-state index in [-0.39, 0.29) is 17.3 Å². The number of ether oxygens (including phenoxy) is 3. The van der Waals surface area contributed by atoms with Crippen molar-refractivity contribution in [2.24, 2.45) is 5.92 Å². The topological polar surface area (TPSA) is 65.1 Å². The normalized spacial score (nSPS) is 27.7. The summed E-state index contributed by atoms with van der Waals surface area (Å²) in [7, 11) is -0.553. The molecule has 2 atom stereocenters. The number of hydrogen-bond donors (Lipinski definition) is 0. The first-order valence-corrected chi connectivity index (χ1v) is 9.37. The number of benzene rings is 1. The molecule has 2 fully saturated rings. The molecule has 3 rings (SSSR count). The summed E-state index contributed by atoms with van der Waals surface area (Å²) in [4.78, 5) is 0. The second-order valence-corrected chi connectivity index (χ2v) is 8.20. The number of rotatable bonds is 7. The molecule has 23 heavy (non-hydrogen) atoms. The molecule has 1 aromatic rings. The van der Waals surface area contributed by atoms with Crippen molar-refractivity contribution in [3.05, 3.63) is 30.3 Å². The van der Waals surface area contributed by atoms with Gasteiger partial charge in [-0.05, 0) is 25.0 Å².